The Bertz CT molecular complexity index is 1510. The molecule has 0 saturated heterocycles. The lowest BCUT2D eigenvalue weighted by Gasteiger charge is -2.18. The molecule has 4 aromatic rings. The molecule has 0 spiro atoms. The fraction of sp³-hybridized carbons (Fsp3) is 0.167. The fourth-order valence-electron chi connectivity index (χ4n) is 3.42. The number of aryl methyl sites for hydroxylation is 1. The number of carbonyl (C=O) groups excluding carboxylic acids is 2. The molecular weight excluding hydrogens is 524 g/mol. The van der Waals surface area contributed by atoms with Crippen molar-refractivity contribution < 1.29 is 22.7 Å². The number of rotatable bonds is 9. The molecule has 4 rings (SSSR count). The Morgan fingerprint density at radius 1 is 1.06 bits per heavy atom. The van der Waals surface area contributed by atoms with Crippen molar-refractivity contribution in [3.8, 4) is 0 Å². The molecule has 3 aromatic carbocycles. The minimum absolute atomic E-state index is 0.0131. The molecule has 186 valence electrons. The minimum atomic E-state index is -4.18. The Morgan fingerprint density at radius 2 is 1.83 bits per heavy atom. The first-order valence-electron chi connectivity index (χ1n) is 10.7. The Hall–Kier alpha value is -3.38. The average molecular weight is 545 g/mol. The molecule has 1 heterocycles. The lowest BCUT2D eigenvalue weighted by molar-refractivity contribution is -0.149. The van der Waals surface area contributed by atoms with E-state index in [1.807, 2.05) is 0 Å². The second-order valence-corrected chi connectivity index (χ2v) is 10.5. The monoisotopic (exact) mass is 544 g/mol. The summed E-state index contributed by atoms with van der Waals surface area (Å²) in [4.78, 5) is 25.3. The van der Waals surface area contributed by atoms with Crippen LogP contribution < -0.4 is 10.0 Å². The largest absolute Gasteiger partial charge is 0.454 e. The Labute approximate surface area is 216 Å². The van der Waals surface area contributed by atoms with Crippen LogP contribution in [0.3, 0.4) is 0 Å². The van der Waals surface area contributed by atoms with Gasteiger partial charge in [-0.25, -0.2) is 8.42 Å². The van der Waals surface area contributed by atoms with Crippen molar-refractivity contribution >= 4 is 61.9 Å². The molecule has 1 aromatic heterocycles. The zero-order chi connectivity index (χ0) is 25.7. The van der Waals surface area contributed by atoms with Gasteiger partial charge in [-0.15, -0.1) is 0 Å². The van der Waals surface area contributed by atoms with Gasteiger partial charge in [0.2, 0.25) is 10.0 Å². The highest BCUT2D eigenvalue weighted by Gasteiger charge is 2.29. The second kappa shape index (κ2) is 11.1. The molecule has 12 heteroatoms. The number of nitrogens with one attached hydrogen (secondary N) is 2. The van der Waals surface area contributed by atoms with Gasteiger partial charge in [-0.2, -0.15) is 13.5 Å². The van der Waals surface area contributed by atoms with E-state index in [0.717, 1.165) is 17.3 Å². The second-order valence-electron chi connectivity index (χ2n) is 7.87. The Kier molecular flexibility index (Phi) is 7.94. The van der Waals surface area contributed by atoms with Gasteiger partial charge in [-0.1, -0.05) is 54.1 Å². The van der Waals surface area contributed by atoms with Crippen LogP contribution in [0.1, 0.15) is 11.1 Å². The zero-order valence-corrected chi connectivity index (χ0v) is 21.4. The van der Waals surface area contributed by atoms with Gasteiger partial charge in [0, 0.05) is 10.7 Å². The number of fused-ring (bicyclic) bond motifs is 1. The van der Waals surface area contributed by atoms with E-state index in [1.54, 1.807) is 67.6 Å². The molecule has 1 atom stereocenters. The SMILES string of the molecule is Cc1ccc(Cl)cc1NC(=O)COC(=O)[C@@H](Cc1ccccc1)NS(=O)(=O)c1cccc2nsnc12. The number of benzene rings is 3. The van der Waals surface area contributed by atoms with Crippen LogP contribution >= 0.6 is 23.3 Å². The van der Waals surface area contributed by atoms with Crippen LogP contribution in [-0.2, 0) is 30.8 Å². The van der Waals surface area contributed by atoms with E-state index in [0.29, 0.717) is 21.8 Å². The number of hydrogen-bond acceptors (Lipinski definition) is 8. The number of hydrogen-bond donors (Lipinski definition) is 2. The number of amides is 1. The zero-order valence-electron chi connectivity index (χ0n) is 19.0. The number of carbonyl (C=O) groups is 2. The quantitative estimate of drug-likeness (QED) is 0.307. The molecular formula is C24H21ClN4O5S2. The third-order valence-corrected chi connectivity index (χ3v) is 7.50. The number of nitrogens with zero attached hydrogens (tertiary/aromatic N) is 2. The van der Waals surface area contributed by atoms with Crippen LogP contribution in [0.4, 0.5) is 5.69 Å². The Morgan fingerprint density at radius 3 is 2.61 bits per heavy atom. The minimum Gasteiger partial charge on any atom is -0.454 e. The fourth-order valence-corrected chi connectivity index (χ4v) is 5.55. The molecule has 0 aliphatic heterocycles. The van der Waals surface area contributed by atoms with Gasteiger partial charge >= 0.3 is 5.97 Å². The molecule has 0 unspecified atom stereocenters. The number of anilines is 1. The van der Waals surface area contributed by atoms with Crippen molar-refractivity contribution in [1.82, 2.24) is 13.5 Å². The van der Waals surface area contributed by atoms with Gasteiger partial charge in [0.05, 0.1) is 11.7 Å². The highest BCUT2D eigenvalue weighted by molar-refractivity contribution is 7.89. The van der Waals surface area contributed by atoms with Gasteiger partial charge in [-0.3, -0.25) is 9.59 Å². The molecule has 0 fully saturated rings. The van der Waals surface area contributed by atoms with Crippen LogP contribution in [-0.4, -0.2) is 41.7 Å². The van der Waals surface area contributed by atoms with Crippen LogP contribution in [0.2, 0.25) is 5.02 Å². The maximum absolute atomic E-state index is 13.2. The molecule has 9 nitrogen and oxygen atoms in total. The molecule has 36 heavy (non-hydrogen) atoms. The number of sulfonamides is 1. The first-order chi connectivity index (χ1) is 17.2. The summed E-state index contributed by atoms with van der Waals surface area (Å²) in [6.07, 6.45) is 0.0131. The normalized spacial score (nSPS) is 12.3. The Balaban J connectivity index is 1.51. The lowest BCUT2D eigenvalue weighted by Crippen LogP contribution is -2.44. The summed E-state index contributed by atoms with van der Waals surface area (Å²) >= 11 is 6.87. The molecule has 2 N–H and O–H groups in total. The summed E-state index contributed by atoms with van der Waals surface area (Å²) in [5.74, 6) is -1.49. The highest BCUT2D eigenvalue weighted by Crippen LogP contribution is 2.22. The summed E-state index contributed by atoms with van der Waals surface area (Å²) in [7, 11) is -4.18. The predicted molar refractivity (Wildman–Crippen MR) is 137 cm³/mol. The lowest BCUT2D eigenvalue weighted by atomic mass is 10.1. The maximum Gasteiger partial charge on any atom is 0.325 e. The van der Waals surface area contributed by atoms with E-state index in [-0.39, 0.29) is 16.8 Å². The molecule has 0 radical (unpaired) electrons. The van der Waals surface area contributed by atoms with Gasteiger partial charge in [0.15, 0.2) is 6.61 Å². The summed E-state index contributed by atoms with van der Waals surface area (Å²) in [5.41, 5.74) is 2.60. The highest BCUT2D eigenvalue weighted by atomic mass is 35.5. The van der Waals surface area contributed by atoms with Crippen LogP contribution in [0.5, 0.6) is 0 Å². The third kappa shape index (κ3) is 6.24. The number of halogens is 1. The molecule has 0 saturated carbocycles. The van der Waals surface area contributed by atoms with E-state index in [1.165, 1.54) is 6.07 Å². The summed E-state index contributed by atoms with van der Waals surface area (Å²) in [5, 5.41) is 3.07. The maximum atomic E-state index is 13.2. The number of ether oxygens (including phenoxy) is 1. The molecule has 1 amide bonds. The summed E-state index contributed by atoms with van der Waals surface area (Å²) < 4.78 is 42.2. The molecule has 0 aliphatic rings. The van der Waals surface area contributed by atoms with Crippen molar-refractivity contribution in [3.05, 3.63) is 82.9 Å². The first-order valence-corrected chi connectivity index (χ1v) is 13.3. The van der Waals surface area contributed by atoms with Crippen molar-refractivity contribution in [2.45, 2.75) is 24.3 Å². The van der Waals surface area contributed by atoms with E-state index in [2.05, 4.69) is 18.8 Å². The average Bonchev–Trinajstić information content (AvgIpc) is 3.34. The van der Waals surface area contributed by atoms with Crippen molar-refractivity contribution in [2.75, 3.05) is 11.9 Å². The molecule has 0 bridgehead atoms. The number of esters is 1. The topological polar surface area (TPSA) is 127 Å². The van der Waals surface area contributed by atoms with E-state index in [4.69, 9.17) is 16.3 Å². The van der Waals surface area contributed by atoms with E-state index >= 15 is 0 Å². The summed E-state index contributed by atoms with van der Waals surface area (Å²) in [6.45, 7) is 1.18. The molecule has 0 aliphatic carbocycles. The predicted octanol–water partition coefficient (Wildman–Crippen LogP) is 3.72. The van der Waals surface area contributed by atoms with Gasteiger partial charge < -0.3 is 10.1 Å². The van der Waals surface area contributed by atoms with Crippen molar-refractivity contribution in [3.63, 3.8) is 0 Å². The van der Waals surface area contributed by atoms with Crippen LogP contribution in [0.15, 0.2) is 71.6 Å². The van der Waals surface area contributed by atoms with E-state index < -0.39 is 34.5 Å². The van der Waals surface area contributed by atoms with Crippen molar-refractivity contribution in [1.29, 1.82) is 0 Å². The van der Waals surface area contributed by atoms with Gasteiger partial charge in [0.25, 0.3) is 5.91 Å². The van der Waals surface area contributed by atoms with Crippen LogP contribution in [0, 0.1) is 6.92 Å². The van der Waals surface area contributed by atoms with Crippen molar-refractivity contribution in [2.24, 2.45) is 0 Å². The van der Waals surface area contributed by atoms with Gasteiger partial charge in [0.1, 0.15) is 22.0 Å². The van der Waals surface area contributed by atoms with E-state index in [9.17, 15) is 18.0 Å². The van der Waals surface area contributed by atoms with Crippen LogP contribution in [0.25, 0.3) is 11.0 Å². The summed E-state index contributed by atoms with van der Waals surface area (Å²) in [6, 6.07) is 17.2. The smallest absolute Gasteiger partial charge is 0.325 e. The third-order valence-electron chi connectivity index (χ3n) is 5.22. The standard InChI is InChI=1S/C24H21ClN4O5S2/c1-15-10-11-17(25)13-19(15)26-22(30)14-34-24(31)20(12-16-6-3-2-4-7-16)29-36(32,33)21-9-5-8-18-23(21)28-35-27-18/h2-11,13,20,29H,12,14H2,1H3,(H,26,30)/t20-/m1/s1. The van der Waals surface area contributed by atoms with Gasteiger partial charge in [-0.05, 0) is 48.7 Å². The first kappa shape index (κ1) is 25.7. The number of aromatic nitrogens is 2.